The Morgan fingerprint density at radius 1 is 0.500 bits per heavy atom. The summed E-state index contributed by atoms with van der Waals surface area (Å²) in [4.78, 5) is 0. The van der Waals surface area contributed by atoms with E-state index in [-0.39, 0.29) is 5.41 Å². The maximum absolute atomic E-state index is 2.47. The van der Waals surface area contributed by atoms with E-state index in [2.05, 4.69) is 247 Å². The van der Waals surface area contributed by atoms with Crippen molar-refractivity contribution >= 4 is 38.8 Å². The van der Waals surface area contributed by atoms with Crippen molar-refractivity contribution in [1.29, 1.82) is 0 Å². The molecule has 2 aliphatic rings. The van der Waals surface area contributed by atoms with Gasteiger partial charge in [-0.3, -0.25) is 0 Å². The predicted molar refractivity (Wildman–Crippen MR) is 270 cm³/mol. The van der Waals surface area contributed by atoms with Gasteiger partial charge in [0.2, 0.25) is 0 Å². The Balaban J connectivity index is 0.869. The highest BCUT2D eigenvalue weighted by Crippen LogP contribution is 2.42. The molecule has 0 amide bonds. The first kappa shape index (κ1) is 38.0. The van der Waals surface area contributed by atoms with E-state index < -0.39 is 0 Å². The molecule has 2 heteroatoms. The number of nitrogens with zero attached hydrogens (tertiary/aromatic N) is 2. The van der Waals surface area contributed by atoms with Gasteiger partial charge in [0.05, 0.1) is 16.6 Å². The van der Waals surface area contributed by atoms with E-state index >= 15 is 0 Å². The average molecular weight is 821 g/mol. The third kappa shape index (κ3) is 6.66. The van der Waals surface area contributed by atoms with Crippen molar-refractivity contribution in [2.24, 2.45) is 0 Å². The number of fused-ring (bicyclic) bond motifs is 6. The zero-order valence-corrected chi connectivity index (χ0v) is 36.0. The second-order valence-corrected chi connectivity index (χ2v) is 18.0. The molecule has 12 rings (SSSR count). The molecule has 10 aromatic rings. The number of aromatic nitrogens is 2. The minimum absolute atomic E-state index is 0.0286. The second-order valence-electron chi connectivity index (χ2n) is 18.0. The van der Waals surface area contributed by atoms with E-state index in [9.17, 15) is 0 Å². The van der Waals surface area contributed by atoms with Crippen LogP contribution in [-0.4, -0.2) is 9.13 Å². The third-order valence-electron chi connectivity index (χ3n) is 13.9. The van der Waals surface area contributed by atoms with Gasteiger partial charge < -0.3 is 9.13 Å². The number of hydrogen-bond acceptors (Lipinski definition) is 0. The minimum atomic E-state index is -0.0286. The summed E-state index contributed by atoms with van der Waals surface area (Å²) in [5, 5.41) is 3.90. The molecule has 0 saturated heterocycles. The van der Waals surface area contributed by atoms with Crippen LogP contribution in [0.25, 0.3) is 72.4 Å². The van der Waals surface area contributed by atoms with E-state index in [0.29, 0.717) is 5.92 Å². The highest BCUT2D eigenvalue weighted by molar-refractivity contribution is 6.11. The lowest BCUT2D eigenvalue weighted by Gasteiger charge is -2.27. The monoisotopic (exact) mass is 820 g/mol. The van der Waals surface area contributed by atoms with E-state index in [4.69, 9.17) is 0 Å². The van der Waals surface area contributed by atoms with Gasteiger partial charge in [0.15, 0.2) is 0 Å². The summed E-state index contributed by atoms with van der Waals surface area (Å²) < 4.78 is 4.92. The molecular formula is C62H48N2. The number of allylic oxidation sites excluding steroid dienone is 5. The van der Waals surface area contributed by atoms with Crippen LogP contribution in [0.5, 0.6) is 0 Å². The molecule has 2 aliphatic carbocycles. The molecule has 2 atom stereocenters. The van der Waals surface area contributed by atoms with E-state index in [1.54, 1.807) is 0 Å². The molecule has 64 heavy (non-hydrogen) atoms. The highest BCUT2D eigenvalue weighted by Gasteiger charge is 2.26. The summed E-state index contributed by atoms with van der Waals surface area (Å²) in [5.74, 6) is 0.350. The SMILES string of the molecule is CC1(c2ccc3c(c2)c2cc(-c4ccccc4)ccc2n3-c2ccc(Cc3ccc(-n4c5c(c6cc(-c7ccccc7)ccc64)CC(c4ccccc4)C=C5)cc3)cc2)C=CC=CC1. The van der Waals surface area contributed by atoms with Gasteiger partial charge in [0.1, 0.15) is 0 Å². The van der Waals surface area contributed by atoms with Crippen molar-refractivity contribution in [2.45, 2.75) is 37.5 Å². The van der Waals surface area contributed by atoms with Crippen LogP contribution in [0.1, 0.15) is 52.8 Å². The van der Waals surface area contributed by atoms with E-state index in [1.165, 1.54) is 99.8 Å². The summed E-state index contributed by atoms with van der Waals surface area (Å²) in [6.45, 7) is 2.35. The normalized spacial score (nSPS) is 16.8. The lowest BCUT2D eigenvalue weighted by Crippen LogP contribution is -2.19. The van der Waals surface area contributed by atoms with Crippen LogP contribution in [-0.2, 0) is 18.3 Å². The molecule has 0 N–H and O–H groups in total. The van der Waals surface area contributed by atoms with Crippen LogP contribution >= 0.6 is 0 Å². The summed E-state index contributed by atoms with van der Waals surface area (Å²) in [6.07, 6.45) is 16.6. The van der Waals surface area contributed by atoms with Gasteiger partial charge in [-0.05, 0) is 136 Å². The first-order chi connectivity index (χ1) is 31.6. The molecule has 0 bridgehead atoms. The first-order valence-electron chi connectivity index (χ1n) is 22.7. The molecule has 8 aromatic carbocycles. The van der Waals surface area contributed by atoms with Crippen molar-refractivity contribution in [3.8, 4) is 33.6 Å². The standard InChI is InChI=1S/C62H48N2/c1-62(36-12-5-13-37-62)51-27-35-61-57(42-51)56-41-50(47-18-10-4-11-19-47)26-34-60(56)64(61)53-30-22-44(23-31-53)38-43-20-28-52(29-21-43)63-58-32-24-48(45-14-6-2-7-15-45)39-54(58)55-40-49(25-33-59(55)63)46-16-8-3-9-17-46/h2-36,39,41-42,49H,37-38,40H2,1H3. The first-order valence-corrected chi connectivity index (χ1v) is 22.7. The summed E-state index contributed by atoms with van der Waals surface area (Å²) in [5.41, 5.74) is 19.0. The zero-order chi connectivity index (χ0) is 42.6. The Morgan fingerprint density at radius 2 is 1.05 bits per heavy atom. The van der Waals surface area contributed by atoms with Crippen LogP contribution in [0.3, 0.4) is 0 Å². The molecular weight excluding hydrogens is 773 g/mol. The molecule has 2 aromatic heterocycles. The lowest BCUT2D eigenvalue weighted by atomic mass is 9.77. The largest absolute Gasteiger partial charge is 0.310 e. The number of benzene rings is 8. The molecule has 0 spiro atoms. The number of rotatable bonds is 8. The Bertz CT molecular complexity index is 3440. The average Bonchev–Trinajstić information content (AvgIpc) is 3.87. The summed E-state index contributed by atoms with van der Waals surface area (Å²) >= 11 is 0. The van der Waals surface area contributed by atoms with E-state index in [1.807, 2.05) is 0 Å². The van der Waals surface area contributed by atoms with Crippen molar-refractivity contribution in [1.82, 2.24) is 9.13 Å². The van der Waals surface area contributed by atoms with Gasteiger partial charge in [0, 0.05) is 44.6 Å². The van der Waals surface area contributed by atoms with Gasteiger partial charge >= 0.3 is 0 Å². The minimum Gasteiger partial charge on any atom is -0.310 e. The fourth-order valence-corrected chi connectivity index (χ4v) is 10.4. The fourth-order valence-electron chi connectivity index (χ4n) is 10.4. The maximum Gasteiger partial charge on any atom is 0.0541 e. The van der Waals surface area contributed by atoms with Gasteiger partial charge in [0.25, 0.3) is 0 Å². The summed E-state index contributed by atoms with van der Waals surface area (Å²) in [7, 11) is 0. The molecule has 0 saturated carbocycles. The Kier molecular flexibility index (Phi) is 9.26. The van der Waals surface area contributed by atoms with Gasteiger partial charge in [-0.1, -0.05) is 171 Å². The summed E-state index contributed by atoms with van der Waals surface area (Å²) in [6, 6.07) is 72.0. The van der Waals surface area contributed by atoms with Crippen molar-refractivity contribution < 1.29 is 0 Å². The van der Waals surface area contributed by atoms with Crippen molar-refractivity contribution in [3.05, 3.63) is 258 Å². The van der Waals surface area contributed by atoms with Crippen LogP contribution in [0.4, 0.5) is 0 Å². The number of hydrogen-bond donors (Lipinski definition) is 0. The highest BCUT2D eigenvalue weighted by atomic mass is 15.0. The second kappa shape index (κ2) is 15.6. The third-order valence-corrected chi connectivity index (χ3v) is 13.9. The Hall–Kier alpha value is -7.68. The maximum atomic E-state index is 2.47. The molecule has 0 aliphatic heterocycles. The van der Waals surface area contributed by atoms with Crippen LogP contribution in [0, 0.1) is 0 Å². The topological polar surface area (TPSA) is 9.86 Å². The predicted octanol–water partition coefficient (Wildman–Crippen LogP) is 15.8. The fraction of sp³-hybridized carbons (Fsp3) is 0.0968. The van der Waals surface area contributed by atoms with Crippen molar-refractivity contribution in [3.63, 3.8) is 0 Å². The van der Waals surface area contributed by atoms with Crippen LogP contribution in [0.2, 0.25) is 0 Å². The van der Waals surface area contributed by atoms with Gasteiger partial charge in [-0.15, -0.1) is 0 Å². The molecule has 0 fully saturated rings. The molecule has 0 radical (unpaired) electrons. The van der Waals surface area contributed by atoms with Crippen molar-refractivity contribution in [2.75, 3.05) is 0 Å². The molecule has 2 unspecified atom stereocenters. The smallest absolute Gasteiger partial charge is 0.0541 e. The quantitative estimate of drug-likeness (QED) is 0.145. The zero-order valence-electron chi connectivity index (χ0n) is 36.0. The van der Waals surface area contributed by atoms with Crippen LogP contribution < -0.4 is 0 Å². The van der Waals surface area contributed by atoms with Crippen LogP contribution in [0.15, 0.2) is 225 Å². The Morgan fingerprint density at radius 3 is 1.66 bits per heavy atom. The molecule has 2 nitrogen and oxygen atoms in total. The Labute approximate surface area is 375 Å². The lowest BCUT2D eigenvalue weighted by molar-refractivity contribution is 0.600. The van der Waals surface area contributed by atoms with Gasteiger partial charge in [-0.25, -0.2) is 0 Å². The molecule has 306 valence electrons. The van der Waals surface area contributed by atoms with Gasteiger partial charge in [-0.2, -0.15) is 0 Å². The van der Waals surface area contributed by atoms with E-state index in [0.717, 1.165) is 19.3 Å². The molecule has 2 heterocycles.